The Hall–Kier alpha value is -2.54. The van der Waals surface area contributed by atoms with Crippen LogP contribution < -0.4 is 10.6 Å². The van der Waals surface area contributed by atoms with Gasteiger partial charge in [0, 0.05) is 37.7 Å². The van der Waals surface area contributed by atoms with Gasteiger partial charge in [-0.15, -0.1) is 0 Å². The number of amides is 2. The molecule has 7 nitrogen and oxygen atoms in total. The van der Waals surface area contributed by atoms with E-state index in [9.17, 15) is 9.59 Å². The maximum Gasteiger partial charge on any atom is 0.269 e. The second-order valence-electron chi connectivity index (χ2n) is 4.22. The number of hydrogen-bond donors (Lipinski definition) is 1. The van der Waals surface area contributed by atoms with Crippen LogP contribution in [0.25, 0.3) is 0 Å². The molecule has 7 heteroatoms. The number of aryl methyl sites for hydroxylation is 1. The number of hydrogen-bond acceptors (Lipinski definition) is 5. The summed E-state index contributed by atoms with van der Waals surface area (Å²) in [4.78, 5) is 29.4. The molecule has 0 atom stereocenters. The number of pyridine rings is 1. The Morgan fingerprint density at radius 1 is 1.26 bits per heavy atom. The van der Waals surface area contributed by atoms with Gasteiger partial charge in [-0.25, -0.2) is 4.90 Å². The first kappa shape index (κ1) is 11.5. The topological polar surface area (TPSA) is 94.1 Å². The van der Waals surface area contributed by atoms with Crippen LogP contribution in [0.5, 0.6) is 0 Å². The van der Waals surface area contributed by atoms with Gasteiger partial charge in [-0.05, 0) is 6.07 Å². The van der Waals surface area contributed by atoms with Crippen LogP contribution in [0.4, 0.5) is 5.82 Å². The Morgan fingerprint density at radius 3 is 2.68 bits per heavy atom. The second-order valence-corrected chi connectivity index (χ2v) is 4.22. The lowest BCUT2D eigenvalue weighted by molar-refractivity contribution is 0.0924. The van der Waals surface area contributed by atoms with Crippen LogP contribution in [0.1, 0.15) is 26.3 Å². The van der Waals surface area contributed by atoms with E-state index >= 15 is 0 Å². The number of fused-ring (bicyclic) bond motifs is 1. The lowest BCUT2D eigenvalue weighted by Gasteiger charge is -2.11. The third-order valence-corrected chi connectivity index (χ3v) is 3.00. The molecule has 0 aliphatic carbocycles. The summed E-state index contributed by atoms with van der Waals surface area (Å²) in [6.07, 6.45) is 4.56. The molecule has 0 radical (unpaired) electrons. The Bertz CT molecular complexity index is 656. The molecule has 0 bridgehead atoms. The third-order valence-electron chi connectivity index (χ3n) is 3.00. The van der Waals surface area contributed by atoms with Crippen LogP contribution in [0.15, 0.2) is 24.7 Å². The molecule has 0 unspecified atom stereocenters. The maximum absolute atomic E-state index is 12.3. The number of nitrogens with two attached hydrogens (primary N) is 1. The quantitative estimate of drug-likeness (QED) is 0.768. The fraction of sp³-hybridized carbons (Fsp3) is 0.167. The van der Waals surface area contributed by atoms with Crippen molar-refractivity contribution >= 4 is 17.6 Å². The number of anilines is 1. The normalized spacial score (nSPS) is 14.1. The molecule has 2 aromatic rings. The smallest absolute Gasteiger partial charge is 0.269 e. The van der Waals surface area contributed by atoms with E-state index in [0.717, 1.165) is 4.90 Å². The van der Waals surface area contributed by atoms with Crippen LogP contribution in [0.3, 0.4) is 0 Å². The number of imide groups is 1. The zero-order chi connectivity index (χ0) is 13.6. The first-order valence-electron chi connectivity index (χ1n) is 5.69. The number of nitrogens with zero attached hydrogens (tertiary/aromatic N) is 4. The van der Waals surface area contributed by atoms with Crippen molar-refractivity contribution in [3.05, 3.63) is 41.3 Å². The van der Waals surface area contributed by atoms with Crippen molar-refractivity contribution in [2.24, 2.45) is 12.8 Å². The molecule has 1 aliphatic rings. The van der Waals surface area contributed by atoms with Crippen molar-refractivity contribution in [3.8, 4) is 0 Å². The van der Waals surface area contributed by atoms with Crippen LogP contribution in [-0.4, -0.2) is 26.6 Å². The second kappa shape index (κ2) is 3.99. The molecule has 2 aromatic heterocycles. The maximum atomic E-state index is 12.3. The first-order valence-corrected chi connectivity index (χ1v) is 5.69. The van der Waals surface area contributed by atoms with Gasteiger partial charge in [0.25, 0.3) is 11.8 Å². The highest BCUT2D eigenvalue weighted by molar-refractivity contribution is 6.34. The van der Waals surface area contributed by atoms with E-state index in [1.807, 2.05) is 0 Å². The fourth-order valence-electron chi connectivity index (χ4n) is 2.13. The SMILES string of the molecule is Cn1cc(CN)c(N2C(=O)c3ccncc3C2=O)n1. The molecule has 96 valence electrons. The zero-order valence-electron chi connectivity index (χ0n) is 10.2. The molecule has 19 heavy (non-hydrogen) atoms. The highest BCUT2D eigenvalue weighted by atomic mass is 16.2. The van der Waals surface area contributed by atoms with E-state index in [2.05, 4.69) is 10.1 Å². The number of aromatic nitrogens is 3. The molecule has 0 aromatic carbocycles. The number of carbonyl (C=O) groups excluding carboxylic acids is 2. The monoisotopic (exact) mass is 257 g/mol. The summed E-state index contributed by atoms with van der Waals surface area (Å²) >= 11 is 0. The summed E-state index contributed by atoms with van der Waals surface area (Å²) in [5, 5.41) is 4.15. The summed E-state index contributed by atoms with van der Waals surface area (Å²) < 4.78 is 1.53. The van der Waals surface area contributed by atoms with Gasteiger partial charge in [-0.3, -0.25) is 19.3 Å². The highest BCUT2D eigenvalue weighted by Gasteiger charge is 2.39. The number of rotatable bonds is 2. The van der Waals surface area contributed by atoms with E-state index in [0.29, 0.717) is 16.7 Å². The average molecular weight is 257 g/mol. The molecule has 0 saturated heterocycles. The fourth-order valence-corrected chi connectivity index (χ4v) is 2.13. The summed E-state index contributed by atoms with van der Waals surface area (Å²) in [6.45, 7) is 0.203. The molecular weight excluding hydrogens is 246 g/mol. The molecule has 0 saturated carbocycles. The predicted octanol–water partition coefficient (Wildman–Crippen LogP) is 0.0744. The Labute approximate surface area is 108 Å². The van der Waals surface area contributed by atoms with Crippen molar-refractivity contribution in [1.82, 2.24) is 14.8 Å². The largest absolute Gasteiger partial charge is 0.326 e. The van der Waals surface area contributed by atoms with Crippen LogP contribution in [0, 0.1) is 0 Å². The van der Waals surface area contributed by atoms with Gasteiger partial charge in [-0.1, -0.05) is 0 Å². The third kappa shape index (κ3) is 1.55. The summed E-state index contributed by atoms with van der Waals surface area (Å²) in [5.41, 5.74) is 6.89. The van der Waals surface area contributed by atoms with E-state index < -0.39 is 11.8 Å². The van der Waals surface area contributed by atoms with Gasteiger partial charge in [-0.2, -0.15) is 5.10 Å². The zero-order valence-corrected chi connectivity index (χ0v) is 10.2. The molecule has 3 rings (SSSR count). The Balaban J connectivity index is 2.14. The minimum Gasteiger partial charge on any atom is -0.326 e. The van der Waals surface area contributed by atoms with Gasteiger partial charge >= 0.3 is 0 Å². The molecule has 1 aliphatic heterocycles. The molecular formula is C12H11N5O2. The predicted molar refractivity (Wildman–Crippen MR) is 66.5 cm³/mol. The average Bonchev–Trinajstić information content (AvgIpc) is 2.90. The van der Waals surface area contributed by atoms with Crippen molar-refractivity contribution in [2.45, 2.75) is 6.54 Å². The molecule has 2 amide bonds. The van der Waals surface area contributed by atoms with Crippen molar-refractivity contribution < 1.29 is 9.59 Å². The Morgan fingerprint density at radius 2 is 2.00 bits per heavy atom. The number of carbonyl (C=O) groups is 2. The lowest BCUT2D eigenvalue weighted by Crippen LogP contribution is -2.31. The van der Waals surface area contributed by atoms with Gasteiger partial charge in [0.1, 0.15) is 0 Å². The molecule has 2 N–H and O–H groups in total. The molecule has 0 fully saturated rings. The first-order chi connectivity index (χ1) is 9.13. The van der Waals surface area contributed by atoms with Crippen LogP contribution in [0.2, 0.25) is 0 Å². The van der Waals surface area contributed by atoms with Gasteiger partial charge in [0.15, 0.2) is 5.82 Å². The van der Waals surface area contributed by atoms with E-state index in [1.54, 1.807) is 13.2 Å². The van der Waals surface area contributed by atoms with Crippen molar-refractivity contribution in [1.29, 1.82) is 0 Å². The summed E-state index contributed by atoms with van der Waals surface area (Å²) in [7, 11) is 1.71. The lowest BCUT2D eigenvalue weighted by atomic mass is 10.2. The highest BCUT2D eigenvalue weighted by Crippen LogP contribution is 2.28. The van der Waals surface area contributed by atoms with Gasteiger partial charge in [0.05, 0.1) is 11.1 Å². The minimum absolute atomic E-state index is 0.203. The minimum atomic E-state index is -0.415. The van der Waals surface area contributed by atoms with E-state index in [4.69, 9.17) is 5.73 Å². The van der Waals surface area contributed by atoms with Crippen molar-refractivity contribution in [3.63, 3.8) is 0 Å². The Kier molecular flexibility index (Phi) is 2.42. The summed E-state index contributed by atoms with van der Waals surface area (Å²) in [5.74, 6) is -0.520. The molecule has 0 spiro atoms. The van der Waals surface area contributed by atoms with Gasteiger partial charge in [0.2, 0.25) is 0 Å². The van der Waals surface area contributed by atoms with Crippen molar-refractivity contribution in [2.75, 3.05) is 4.90 Å². The van der Waals surface area contributed by atoms with Gasteiger partial charge < -0.3 is 5.73 Å². The van der Waals surface area contributed by atoms with Crippen LogP contribution in [-0.2, 0) is 13.6 Å². The van der Waals surface area contributed by atoms with E-state index in [1.165, 1.54) is 23.1 Å². The standard InChI is InChI=1S/C12H11N5O2/c1-16-6-7(4-13)10(15-16)17-11(18)8-2-3-14-5-9(8)12(17)19/h2-3,5-6H,4,13H2,1H3. The van der Waals surface area contributed by atoms with E-state index in [-0.39, 0.29) is 12.4 Å². The van der Waals surface area contributed by atoms with Crippen LogP contribution >= 0.6 is 0 Å². The molecule has 3 heterocycles. The summed E-state index contributed by atoms with van der Waals surface area (Å²) in [6, 6.07) is 1.53.